The summed E-state index contributed by atoms with van der Waals surface area (Å²) in [7, 11) is 0. The summed E-state index contributed by atoms with van der Waals surface area (Å²) in [6, 6.07) is 0. The van der Waals surface area contributed by atoms with Gasteiger partial charge in [-0.1, -0.05) is 6.92 Å². The number of hydrogen-bond acceptors (Lipinski definition) is 3. The summed E-state index contributed by atoms with van der Waals surface area (Å²) in [4.78, 5) is 25.2. The molecule has 0 aromatic carbocycles. The van der Waals surface area contributed by atoms with E-state index in [2.05, 4.69) is 5.32 Å². The van der Waals surface area contributed by atoms with Crippen LogP contribution in [0.15, 0.2) is 0 Å². The van der Waals surface area contributed by atoms with E-state index in [0.29, 0.717) is 13.0 Å². The number of nitrogens with zero attached hydrogens (tertiary/aromatic N) is 1. The Morgan fingerprint density at radius 3 is 2.47 bits per heavy atom. The Morgan fingerprint density at radius 2 is 1.94 bits per heavy atom. The molecular weight excluding hydrogens is 218 g/mol. The Hall–Kier alpha value is -1.10. The average molecular weight is 241 g/mol. The molecule has 0 radical (unpaired) electrons. The molecule has 5 heteroatoms. The molecule has 17 heavy (non-hydrogen) atoms. The molecule has 1 unspecified atom stereocenters. The molecule has 5 nitrogen and oxygen atoms in total. The van der Waals surface area contributed by atoms with Crippen molar-refractivity contribution in [2.75, 3.05) is 26.2 Å². The van der Waals surface area contributed by atoms with Gasteiger partial charge in [0.1, 0.15) is 0 Å². The first-order valence-corrected chi connectivity index (χ1v) is 6.44. The minimum absolute atomic E-state index is 0.0184. The predicted molar refractivity (Wildman–Crippen MR) is 66.3 cm³/mol. The van der Waals surface area contributed by atoms with E-state index in [-0.39, 0.29) is 24.3 Å². The van der Waals surface area contributed by atoms with Crippen molar-refractivity contribution in [3.05, 3.63) is 0 Å². The van der Waals surface area contributed by atoms with Crippen LogP contribution in [-0.4, -0.2) is 42.9 Å². The lowest BCUT2D eigenvalue weighted by Gasteiger charge is -2.27. The van der Waals surface area contributed by atoms with Crippen molar-refractivity contribution in [2.45, 2.75) is 32.6 Å². The number of likely N-dealkylation sites (tertiary alicyclic amines) is 1. The van der Waals surface area contributed by atoms with E-state index in [4.69, 9.17) is 5.73 Å². The molecule has 0 aromatic rings. The summed E-state index contributed by atoms with van der Waals surface area (Å²) in [5.74, 6) is -0.269. The van der Waals surface area contributed by atoms with E-state index >= 15 is 0 Å². The Kier molecular flexibility index (Phi) is 5.97. The first-order valence-electron chi connectivity index (χ1n) is 6.44. The third-order valence-corrected chi connectivity index (χ3v) is 3.27. The van der Waals surface area contributed by atoms with E-state index in [1.54, 1.807) is 0 Å². The van der Waals surface area contributed by atoms with E-state index in [9.17, 15) is 9.59 Å². The van der Waals surface area contributed by atoms with Crippen LogP contribution in [0.1, 0.15) is 32.6 Å². The van der Waals surface area contributed by atoms with Crippen LogP contribution in [0.4, 0.5) is 0 Å². The lowest BCUT2D eigenvalue weighted by molar-refractivity contribution is -0.134. The first kappa shape index (κ1) is 14.0. The Morgan fingerprint density at radius 1 is 1.29 bits per heavy atom. The molecule has 0 aromatic heterocycles. The average Bonchev–Trinajstić information content (AvgIpc) is 2.38. The molecule has 1 aliphatic heterocycles. The molecule has 0 aliphatic carbocycles. The van der Waals surface area contributed by atoms with Crippen LogP contribution in [0.25, 0.3) is 0 Å². The van der Waals surface area contributed by atoms with Crippen molar-refractivity contribution in [3.63, 3.8) is 0 Å². The van der Waals surface area contributed by atoms with Crippen molar-refractivity contribution < 1.29 is 9.59 Å². The first-order chi connectivity index (χ1) is 8.19. The largest absolute Gasteiger partial charge is 0.347 e. The minimum atomic E-state index is -0.177. The second-order valence-electron chi connectivity index (χ2n) is 4.50. The zero-order chi connectivity index (χ0) is 12.7. The summed E-state index contributed by atoms with van der Waals surface area (Å²) < 4.78 is 0. The molecule has 1 saturated heterocycles. The number of carbonyl (C=O) groups excluding carboxylic acids is 2. The van der Waals surface area contributed by atoms with E-state index < -0.39 is 0 Å². The van der Waals surface area contributed by atoms with Gasteiger partial charge in [-0.05, 0) is 25.7 Å². The summed E-state index contributed by atoms with van der Waals surface area (Å²) in [6.45, 7) is 4.00. The Labute approximate surface area is 103 Å². The van der Waals surface area contributed by atoms with Gasteiger partial charge in [-0.2, -0.15) is 0 Å². The van der Waals surface area contributed by atoms with Gasteiger partial charge in [0.05, 0.1) is 6.54 Å². The Balaban J connectivity index is 2.29. The van der Waals surface area contributed by atoms with Crippen LogP contribution < -0.4 is 11.1 Å². The molecule has 1 atom stereocenters. The molecule has 98 valence electrons. The second kappa shape index (κ2) is 7.27. The standard InChI is InChI=1S/C12H23N3O2/c1-2-10(8-13)12(17)14-9-11(16)15-6-4-3-5-7-15/h10H,2-9,13H2,1H3,(H,14,17). The van der Waals surface area contributed by atoms with Crippen LogP contribution in [-0.2, 0) is 9.59 Å². The van der Waals surface area contributed by atoms with Crippen molar-refractivity contribution in [1.82, 2.24) is 10.2 Å². The topological polar surface area (TPSA) is 75.4 Å². The van der Waals surface area contributed by atoms with Gasteiger partial charge in [0.2, 0.25) is 11.8 Å². The number of piperidine rings is 1. The zero-order valence-electron chi connectivity index (χ0n) is 10.6. The molecule has 1 aliphatic rings. The Bertz CT molecular complexity index is 258. The van der Waals surface area contributed by atoms with Crippen LogP contribution in [0.5, 0.6) is 0 Å². The fourth-order valence-electron chi connectivity index (χ4n) is 2.02. The second-order valence-corrected chi connectivity index (χ2v) is 4.50. The number of carbonyl (C=O) groups is 2. The molecule has 0 spiro atoms. The fourth-order valence-corrected chi connectivity index (χ4v) is 2.02. The maximum absolute atomic E-state index is 11.8. The maximum atomic E-state index is 11.8. The molecule has 3 N–H and O–H groups in total. The lowest BCUT2D eigenvalue weighted by atomic mass is 10.1. The molecule has 0 saturated carbocycles. The molecule has 2 amide bonds. The summed E-state index contributed by atoms with van der Waals surface area (Å²) in [5.41, 5.74) is 5.48. The monoisotopic (exact) mass is 241 g/mol. The number of rotatable bonds is 5. The van der Waals surface area contributed by atoms with Gasteiger partial charge in [-0.3, -0.25) is 9.59 Å². The fraction of sp³-hybridized carbons (Fsp3) is 0.833. The van der Waals surface area contributed by atoms with Crippen molar-refractivity contribution in [1.29, 1.82) is 0 Å². The molecule has 1 heterocycles. The molecular formula is C12H23N3O2. The SMILES string of the molecule is CCC(CN)C(=O)NCC(=O)N1CCCCC1. The predicted octanol–water partition coefficient (Wildman–Crippen LogP) is 0.100. The normalized spacial score (nSPS) is 17.6. The quantitative estimate of drug-likeness (QED) is 0.717. The summed E-state index contributed by atoms with van der Waals surface area (Å²) in [5, 5.41) is 2.67. The summed E-state index contributed by atoms with van der Waals surface area (Å²) in [6.07, 6.45) is 4.04. The highest BCUT2D eigenvalue weighted by atomic mass is 16.2. The van der Waals surface area contributed by atoms with Crippen molar-refractivity contribution in [2.24, 2.45) is 11.7 Å². The lowest BCUT2D eigenvalue weighted by Crippen LogP contribution is -2.44. The van der Waals surface area contributed by atoms with Gasteiger partial charge in [-0.15, -0.1) is 0 Å². The number of amides is 2. The number of nitrogens with one attached hydrogen (secondary N) is 1. The van der Waals surface area contributed by atoms with Gasteiger partial charge in [0.15, 0.2) is 0 Å². The molecule has 1 rings (SSSR count). The highest BCUT2D eigenvalue weighted by Gasteiger charge is 2.19. The third-order valence-electron chi connectivity index (χ3n) is 3.27. The van der Waals surface area contributed by atoms with Crippen molar-refractivity contribution >= 4 is 11.8 Å². The van der Waals surface area contributed by atoms with Gasteiger partial charge in [0, 0.05) is 25.6 Å². The number of hydrogen-bond donors (Lipinski definition) is 2. The van der Waals surface area contributed by atoms with E-state index in [1.807, 2.05) is 11.8 Å². The molecule has 0 bridgehead atoms. The van der Waals surface area contributed by atoms with Gasteiger partial charge < -0.3 is 16.0 Å². The van der Waals surface area contributed by atoms with Crippen LogP contribution in [0.2, 0.25) is 0 Å². The smallest absolute Gasteiger partial charge is 0.241 e. The van der Waals surface area contributed by atoms with Gasteiger partial charge in [0.25, 0.3) is 0 Å². The van der Waals surface area contributed by atoms with Crippen LogP contribution >= 0.6 is 0 Å². The third kappa shape index (κ3) is 4.34. The van der Waals surface area contributed by atoms with Crippen LogP contribution in [0.3, 0.4) is 0 Å². The number of nitrogens with two attached hydrogens (primary N) is 1. The maximum Gasteiger partial charge on any atom is 0.241 e. The van der Waals surface area contributed by atoms with Gasteiger partial charge >= 0.3 is 0 Å². The van der Waals surface area contributed by atoms with Crippen molar-refractivity contribution in [3.8, 4) is 0 Å². The highest BCUT2D eigenvalue weighted by molar-refractivity contribution is 5.85. The zero-order valence-corrected chi connectivity index (χ0v) is 10.6. The molecule has 1 fully saturated rings. The van der Waals surface area contributed by atoms with Gasteiger partial charge in [-0.25, -0.2) is 0 Å². The van der Waals surface area contributed by atoms with E-state index in [1.165, 1.54) is 6.42 Å². The minimum Gasteiger partial charge on any atom is -0.347 e. The summed E-state index contributed by atoms with van der Waals surface area (Å²) >= 11 is 0. The van der Waals surface area contributed by atoms with E-state index in [0.717, 1.165) is 25.9 Å². The highest BCUT2D eigenvalue weighted by Crippen LogP contribution is 2.08. The van der Waals surface area contributed by atoms with Crippen LogP contribution in [0, 0.1) is 5.92 Å².